The highest BCUT2D eigenvalue weighted by molar-refractivity contribution is 7.18. The Hall–Kier alpha value is -2.03. The van der Waals surface area contributed by atoms with Crippen molar-refractivity contribution in [1.29, 1.82) is 0 Å². The molecule has 1 rings (SSSR count). The van der Waals surface area contributed by atoms with E-state index in [0.717, 1.165) is 22.4 Å². The molecule has 2 amide bonds. The van der Waals surface area contributed by atoms with E-state index in [9.17, 15) is 19.7 Å². The Morgan fingerprint density at radius 3 is 2.88 bits per heavy atom. The lowest BCUT2D eigenvalue weighted by Crippen LogP contribution is -2.26. The summed E-state index contributed by atoms with van der Waals surface area (Å²) >= 11 is 0.758. The largest absolute Gasteiger partial charge is 0.370 e. The average Bonchev–Trinajstić information content (AvgIpc) is 2.67. The zero-order valence-corrected chi connectivity index (χ0v) is 8.85. The topological polar surface area (TPSA) is 119 Å². The minimum absolute atomic E-state index is 0.0217. The highest BCUT2D eigenvalue weighted by Crippen LogP contribution is 2.27. The number of anilines is 1. The van der Waals surface area contributed by atoms with Crippen LogP contribution in [0.2, 0.25) is 0 Å². The summed E-state index contributed by atoms with van der Waals surface area (Å²) in [5, 5.41) is 10.4. The summed E-state index contributed by atoms with van der Waals surface area (Å²) in [6, 6.07) is 0. The van der Waals surface area contributed by atoms with E-state index < -0.39 is 10.8 Å². The summed E-state index contributed by atoms with van der Waals surface area (Å²) in [5.41, 5.74) is 4.92. The van der Waals surface area contributed by atoms with Gasteiger partial charge in [0.05, 0.1) is 4.92 Å². The van der Waals surface area contributed by atoms with Gasteiger partial charge >= 0.3 is 5.00 Å². The maximum Gasteiger partial charge on any atom is 0.345 e. The monoisotopic (exact) mass is 244 g/mol. The van der Waals surface area contributed by atoms with E-state index in [4.69, 9.17) is 5.73 Å². The third-order valence-corrected chi connectivity index (χ3v) is 2.62. The Bertz CT molecular complexity index is 418. The highest BCUT2D eigenvalue weighted by atomic mass is 32.1. The van der Waals surface area contributed by atoms with Crippen LogP contribution in [0.15, 0.2) is 6.20 Å². The third kappa shape index (κ3) is 2.98. The number of carbonyl (C=O) groups excluding carboxylic acids is 2. The molecule has 0 radical (unpaired) electrons. The molecule has 86 valence electrons. The molecule has 2 N–H and O–H groups in total. The second-order valence-corrected chi connectivity index (χ2v) is 3.74. The van der Waals surface area contributed by atoms with Crippen molar-refractivity contribution in [3.8, 4) is 0 Å². The first-order valence-corrected chi connectivity index (χ1v) is 4.96. The molecule has 0 unspecified atom stereocenters. The van der Waals surface area contributed by atoms with Crippen molar-refractivity contribution in [2.75, 3.05) is 11.4 Å². The molecule has 0 bridgehead atoms. The molecule has 1 heterocycles. The van der Waals surface area contributed by atoms with Gasteiger partial charge in [0.25, 0.3) is 0 Å². The fourth-order valence-electron chi connectivity index (χ4n) is 0.898. The molecule has 0 saturated carbocycles. The lowest BCUT2D eigenvalue weighted by molar-refractivity contribution is -0.380. The number of nitrogens with zero attached hydrogens (tertiary/aromatic N) is 3. The molecular formula is C7H8N4O4S. The van der Waals surface area contributed by atoms with Crippen LogP contribution in [0.1, 0.15) is 6.42 Å². The number of amides is 2. The smallest absolute Gasteiger partial charge is 0.345 e. The number of carbonyl (C=O) groups is 2. The Kier molecular flexibility index (Phi) is 3.89. The summed E-state index contributed by atoms with van der Waals surface area (Å²) in [5.74, 6) is -0.557. The van der Waals surface area contributed by atoms with Crippen LogP contribution in [0.5, 0.6) is 0 Å². The van der Waals surface area contributed by atoms with Crippen LogP contribution in [0, 0.1) is 10.1 Å². The van der Waals surface area contributed by atoms with E-state index >= 15 is 0 Å². The molecule has 0 spiro atoms. The zero-order chi connectivity index (χ0) is 12.1. The van der Waals surface area contributed by atoms with Crippen molar-refractivity contribution in [2.45, 2.75) is 6.42 Å². The number of thiazole rings is 1. The van der Waals surface area contributed by atoms with E-state index in [-0.39, 0.29) is 23.1 Å². The van der Waals surface area contributed by atoms with Gasteiger partial charge in [-0.15, -0.1) is 0 Å². The molecule has 0 aliphatic carbocycles. The maximum absolute atomic E-state index is 10.7. The molecule has 9 heteroatoms. The normalized spacial score (nSPS) is 9.75. The molecule has 8 nitrogen and oxygen atoms in total. The molecule has 0 fully saturated rings. The second kappa shape index (κ2) is 5.16. The number of rotatable bonds is 6. The predicted molar refractivity (Wildman–Crippen MR) is 56.0 cm³/mol. The lowest BCUT2D eigenvalue weighted by Gasteiger charge is -2.11. The Labute approximate surface area is 93.8 Å². The number of hydrogen-bond acceptors (Lipinski definition) is 6. The van der Waals surface area contributed by atoms with Gasteiger partial charge in [0.15, 0.2) is 5.13 Å². The number of nitrogens with two attached hydrogens (primary N) is 1. The first kappa shape index (κ1) is 12.0. The molecule has 0 aromatic carbocycles. The van der Waals surface area contributed by atoms with Gasteiger partial charge in [-0.3, -0.25) is 24.6 Å². The molecule has 1 aromatic heterocycles. The van der Waals surface area contributed by atoms with Gasteiger partial charge in [-0.25, -0.2) is 4.98 Å². The Balaban J connectivity index is 2.74. The molecular weight excluding hydrogens is 236 g/mol. The molecule has 0 saturated heterocycles. The van der Waals surface area contributed by atoms with Crippen molar-refractivity contribution in [3.05, 3.63) is 16.3 Å². The third-order valence-electron chi connectivity index (χ3n) is 1.63. The van der Waals surface area contributed by atoms with Crippen LogP contribution in [-0.2, 0) is 9.59 Å². The van der Waals surface area contributed by atoms with E-state index in [1.54, 1.807) is 0 Å². The van der Waals surface area contributed by atoms with Gasteiger partial charge < -0.3 is 5.73 Å². The number of primary amides is 1. The van der Waals surface area contributed by atoms with Crippen molar-refractivity contribution in [3.63, 3.8) is 0 Å². The van der Waals surface area contributed by atoms with Crippen LogP contribution in [0.4, 0.5) is 10.1 Å². The van der Waals surface area contributed by atoms with Crippen molar-refractivity contribution >= 4 is 33.8 Å². The Morgan fingerprint density at radius 1 is 1.75 bits per heavy atom. The maximum atomic E-state index is 10.7. The van der Waals surface area contributed by atoms with Crippen LogP contribution in [0.25, 0.3) is 0 Å². The van der Waals surface area contributed by atoms with E-state index in [0.29, 0.717) is 6.41 Å². The SMILES string of the molecule is NC(=O)CCN(C=O)c1ncc([N+](=O)[O-])s1. The zero-order valence-electron chi connectivity index (χ0n) is 8.03. The summed E-state index contributed by atoms with van der Waals surface area (Å²) in [7, 11) is 0. The van der Waals surface area contributed by atoms with Crippen LogP contribution in [-0.4, -0.2) is 28.8 Å². The van der Waals surface area contributed by atoms with E-state index in [1.807, 2.05) is 0 Å². The van der Waals surface area contributed by atoms with Crippen molar-refractivity contribution < 1.29 is 14.5 Å². The van der Waals surface area contributed by atoms with Gasteiger partial charge in [0.1, 0.15) is 6.20 Å². The van der Waals surface area contributed by atoms with Gasteiger partial charge in [0.2, 0.25) is 12.3 Å². The minimum atomic E-state index is -0.599. The molecule has 1 aromatic rings. The van der Waals surface area contributed by atoms with Gasteiger partial charge in [-0.1, -0.05) is 0 Å². The summed E-state index contributed by atoms with van der Waals surface area (Å²) in [6.45, 7) is 0.0590. The molecule has 0 atom stereocenters. The summed E-state index contributed by atoms with van der Waals surface area (Å²) in [6.07, 6.45) is 1.48. The van der Waals surface area contributed by atoms with Gasteiger partial charge in [0, 0.05) is 13.0 Å². The Morgan fingerprint density at radius 2 is 2.44 bits per heavy atom. The standard InChI is InChI=1S/C7H8N4O4S/c8-5(13)1-2-10(4-12)7-9-3-6(16-7)11(14)15/h3-4H,1-2H2,(H2,8,13). The highest BCUT2D eigenvalue weighted by Gasteiger charge is 2.16. The summed E-state index contributed by atoms with van der Waals surface area (Å²) < 4.78 is 0. The second-order valence-electron chi connectivity index (χ2n) is 2.75. The van der Waals surface area contributed by atoms with Crippen LogP contribution >= 0.6 is 11.3 Å². The first-order chi connectivity index (χ1) is 7.54. The lowest BCUT2D eigenvalue weighted by atomic mass is 10.4. The molecule has 16 heavy (non-hydrogen) atoms. The van der Waals surface area contributed by atoms with E-state index in [1.165, 1.54) is 0 Å². The molecule has 0 aliphatic rings. The van der Waals surface area contributed by atoms with Gasteiger partial charge in [-0.05, 0) is 11.3 Å². The summed E-state index contributed by atoms with van der Waals surface area (Å²) in [4.78, 5) is 35.8. The van der Waals surface area contributed by atoms with E-state index in [2.05, 4.69) is 4.98 Å². The minimum Gasteiger partial charge on any atom is -0.370 e. The number of hydrogen-bond donors (Lipinski definition) is 1. The average molecular weight is 244 g/mol. The van der Waals surface area contributed by atoms with Crippen molar-refractivity contribution in [1.82, 2.24) is 4.98 Å². The van der Waals surface area contributed by atoms with Crippen LogP contribution in [0.3, 0.4) is 0 Å². The van der Waals surface area contributed by atoms with Crippen LogP contribution < -0.4 is 10.6 Å². The fraction of sp³-hybridized carbons (Fsp3) is 0.286. The molecule has 0 aliphatic heterocycles. The number of aromatic nitrogens is 1. The van der Waals surface area contributed by atoms with Gasteiger partial charge in [-0.2, -0.15) is 0 Å². The predicted octanol–water partition coefficient (Wildman–Crippen LogP) is -0.111. The number of nitro groups is 1. The quantitative estimate of drug-likeness (QED) is 0.425. The van der Waals surface area contributed by atoms with Crippen molar-refractivity contribution in [2.24, 2.45) is 5.73 Å². The first-order valence-electron chi connectivity index (χ1n) is 4.15. The fourth-order valence-corrected chi connectivity index (χ4v) is 1.62.